The fraction of sp³-hybridized carbons (Fsp3) is 0.900. The van der Waals surface area contributed by atoms with Crippen LogP contribution in [0.2, 0.25) is 0 Å². The Bertz CT molecular complexity index is 296. The van der Waals surface area contributed by atoms with Crippen molar-refractivity contribution >= 4 is 16.9 Å². The van der Waals surface area contributed by atoms with Gasteiger partial charge in [-0.15, -0.1) is 0 Å². The Kier molecular flexibility index (Phi) is 7.17. The lowest BCUT2D eigenvalue weighted by molar-refractivity contribution is -0.195. The van der Waals surface area contributed by atoms with Crippen LogP contribution in [0.15, 0.2) is 0 Å². The Labute approximate surface area is 109 Å². The molecule has 0 rings (SSSR count). The van der Waals surface area contributed by atoms with Crippen LogP contribution >= 0.6 is 11.8 Å². The molecule has 9 heteroatoms. The molecule has 0 fully saturated rings. The van der Waals surface area contributed by atoms with Crippen molar-refractivity contribution in [3.8, 4) is 0 Å². The standard InChI is InChI=1S/C10H13F7OS/c1-2-7(18)19-4-3-6(11)9(14,15)5-10(16,17)8(12)13/h6,8H,2-5H2,1H3. The van der Waals surface area contributed by atoms with Crippen molar-refractivity contribution in [3.63, 3.8) is 0 Å². The summed E-state index contributed by atoms with van der Waals surface area (Å²) in [6, 6.07) is 0. The molecule has 0 amide bonds. The average Bonchev–Trinajstić information content (AvgIpc) is 2.26. The largest absolute Gasteiger partial charge is 0.313 e. The third-order valence-electron chi connectivity index (χ3n) is 2.17. The van der Waals surface area contributed by atoms with Gasteiger partial charge >= 0.3 is 12.3 Å². The molecule has 0 aliphatic heterocycles. The second-order valence-corrected chi connectivity index (χ2v) is 4.98. The number of carbonyl (C=O) groups is 1. The summed E-state index contributed by atoms with van der Waals surface area (Å²) in [7, 11) is 0. The van der Waals surface area contributed by atoms with Crippen molar-refractivity contribution in [2.75, 3.05) is 5.75 Å². The lowest BCUT2D eigenvalue weighted by atomic mass is 10.0. The van der Waals surface area contributed by atoms with Gasteiger partial charge in [0.15, 0.2) is 11.3 Å². The van der Waals surface area contributed by atoms with Crippen molar-refractivity contribution in [2.45, 2.75) is 50.6 Å². The highest BCUT2D eigenvalue weighted by Gasteiger charge is 2.53. The lowest BCUT2D eigenvalue weighted by Gasteiger charge is -2.25. The van der Waals surface area contributed by atoms with Gasteiger partial charge in [-0.3, -0.25) is 4.79 Å². The molecule has 0 spiro atoms. The van der Waals surface area contributed by atoms with E-state index in [1.54, 1.807) is 0 Å². The van der Waals surface area contributed by atoms with Crippen LogP contribution in [0.5, 0.6) is 0 Å². The Hall–Kier alpha value is -0.470. The summed E-state index contributed by atoms with van der Waals surface area (Å²) in [5, 5.41) is -0.353. The third kappa shape index (κ3) is 6.49. The summed E-state index contributed by atoms with van der Waals surface area (Å²) in [5.74, 6) is -9.82. The van der Waals surface area contributed by atoms with Gasteiger partial charge in [-0.05, 0) is 6.42 Å². The number of alkyl halides is 7. The molecule has 0 aliphatic rings. The zero-order valence-electron chi connectivity index (χ0n) is 9.95. The van der Waals surface area contributed by atoms with E-state index in [0.717, 1.165) is 0 Å². The molecular weight excluding hydrogens is 301 g/mol. The van der Waals surface area contributed by atoms with E-state index in [4.69, 9.17) is 0 Å². The fourth-order valence-electron chi connectivity index (χ4n) is 1.09. The second-order valence-electron chi connectivity index (χ2n) is 3.83. The second kappa shape index (κ2) is 7.35. The maximum absolute atomic E-state index is 13.1. The molecule has 0 heterocycles. The number of thioether (sulfide) groups is 1. The van der Waals surface area contributed by atoms with E-state index in [0.29, 0.717) is 11.8 Å². The highest BCUT2D eigenvalue weighted by Crippen LogP contribution is 2.39. The van der Waals surface area contributed by atoms with Gasteiger partial charge in [0.1, 0.15) is 0 Å². The summed E-state index contributed by atoms with van der Waals surface area (Å²) in [6.07, 6.45) is -10.6. The molecule has 0 radical (unpaired) electrons. The molecule has 0 saturated carbocycles. The van der Waals surface area contributed by atoms with Crippen LogP contribution in [-0.4, -0.2) is 35.3 Å². The molecule has 0 aromatic heterocycles. The quantitative estimate of drug-likeness (QED) is 0.621. The maximum atomic E-state index is 13.1. The van der Waals surface area contributed by atoms with Gasteiger partial charge in [0.2, 0.25) is 0 Å². The van der Waals surface area contributed by atoms with Crippen molar-refractivity contribution in [2.24, 2.45) is 0 Å². The van der Waals surface area contributed by atoms with E-state index in [2.05, 4.69) is 0 Å². The van der Waals surface area contributed by atoms with E-state index in [1.807, 2.05) is 0 Å². The summed E-state index contributed by atoms with van der Waals surface area (Å²) in [4.78, 5) is 10.8. The zero-order valence-corrected chi connectivity index (χ0v) is 10.8. The molecular formula is C10H13F7OS. The van der Waals surface area contributed by atoms with E-state index in [1.165, 1.54) is 6.92 Å². The molecule has 114 valence electrons. The third-order valence-corrected chi connectivity index (χ3v) is 3.22. The van der Waals surface area contributed by atoms with Crippen LogP contribution in [0.3, 0.4) is 0 Å². The molecule has 1 atom stereocenters. The number of rotatable bonds is 8. The zero-order chi connectivity index (χ0) is 15.3. The maximum Gasteiger partial charge on any atom is 0.313 e. The van der Waals surface area contributed by atoms with Gasteiger partial charge in [-0.2, -0.15) is 0 Å². The van der Waals surface area contributed by atoms with E-state index in [-0.39, 0.29) is 17.3 Å². The van der Waals surface area contributed by atoms with Crippen molar-refractivity contribution in [3.05, 3.63) is 0 Å². The van der Waals surface area contributed by atoms with Gasteiger partial charge in [0, 0.05) is 12.2 Å². The van der Waals surface area contributed by atoms with Crippen molar-refractivity contribution in [1.82, 2.24) is 0 Å². The SMILES string of the molecule is CCC(=O)SCCC(F)C(F)(F)CC(F)(F)C(F)F. The van der Waals surface area contributed by atoms with E-state index >= 15 is 0 Å². The molecule has 1 unspecified atom stereocenters. The number of carbonyl (C=O) groups excluding carboxylic acids is 1. The summed E-state index contributed by atoms with van der Waals surface area (Å²) >= 11 is 0.597. The molecule has 0 saturated heterocycles. The highest BCUT2D eigenvalue weighted by molar-refractivity contribution is 8.13. The predicted octanol–water partition coefficient (Wildman–Crippen LogP) is 4.31. The van der Waals surface area contributed by atoms with Crippen LogP contribution in [0.1, 0.15) is 26.2 Å². The van der Waals surface area contributed by atoms with Gasteiger partial charge < -0.3 is 0 Å². The van der Waals surface area contributed by atoms with Crippen molar-refractivity contribution < 1.29 is 35.5 Å². The van der Waals surface area contributed by atoms with E-state index in [9.17, 15) is 35.5 Å². The van der Waals surface area contributed by atoms with Crippen LogP contribution in [-0.2, 0) is 4.79 Å². The van der Waals surface area contributed by atoms with Crippen LogP contribution < -0.4 is 0 Å². The Morgan fingerprint density at radius 2 is 1.63 bits per heavy atom. The van der Waals surface area contributed by atoms with Crippen LogP contribution in [0.4, 0.5) is 30.7 Å². The fourth-order valence-corrected chi connectivity index (χ4v) is 1.85. The topological polar surface area (TPSA) is 17.1 Å². The lowest BCUT2D eigenvalue weighted by Crippen LogP contribution is -2.40. The normalized spacial score (nSPS) is 14.8. The van der Waals surface area contributed by atoms with E-state index < -0.39 is 37.3 Å². The van der Waals surface area contributed by atoms with Crippen LogP contribution in [0.25, 0.3) is 0 Å². The number of hydrogen-bond acceptors (Lipinski definition) is 2. The number of halogens is 7. The first-order valence-electron chi connectivity index (χ1n) is 5.36. The van der Waals surface area contributed by atoms with Gasteiger partial charge in [0.25, 0.3) is 5.92 Å². The Balaban J connectivity index is 4.35. The first-order valence-corrected chi connectivity index (χ1v) is 6.35. The molecule has 0 bridgehead atoms. The minimum atomic E-state index is -4.94. The molecule has 0 aliphatic carbocycles. The monoisotopic (exact) mass is 314 g/mol. The predicted molar refractivity (Wildman–Crippen MR) is 57.8 cm³/mol. The smallest absolute Gasteiger partial charge is 0.287 e. The van der Waals surface area contributed by atoms with Crippen molar-refractivity contribution in [1.29, 1.82) is 0 Å². The van der Waals surface area contributed by atoms with Gasteiger partial charge in [0.05, 0.1) is 6.42 Å². The summed E-state index contributed by atoms with van der Waals surface area (Å²) in [5.41, 5.74) is 0. The first kappa shape index (κ1) is 18.5. The van der Waals surface area contributed by atoms with Crippen LogP contribution in [0, 0.1) is 0 Å². The Morgan fingerprint density at radius 3 is 2.05 bits per heavy atom. The highest BCUT2D eigenvalue weighted by atomic mass is 32.2. The molecule has 0 aromatic rings. The molecule has 0 N–H and O–H groups in total. The minimum Gasteiger partial charge on any atom is -0.287 e. The molecule has 19 heavy (non-hydrogen) atoms. The molecule has 0 aromatic carbocycles. The Morgan fingerprint density at radius 1 is 1.11 bits per heavy atom. The molecule has 1 nitrogen and oxygen atoms in total. The summed E-state index contributed by atoms with van der Waals surface area (Å²) < 4.78 is 87.5. The number of hydrogen-bond donors (Lipinski definition) is 0. The average molecular weight is 314 g/mol. The first-order chi connectivity index (χ1) is 8.53. The van der Waals surface area contributed by atoms with Gasteiger partial charge in [-0.1, -0.05) is 18.7 Å². The van der Waals surface area contributed by atoms with Gasteiger partial charge in [-0.25, -0.2) is 30.7 Å². The summed E-state index contributed by atoms with van der Waals surface area (Å²) in [6.45, 7) is 1.51. The minimum absolute atomic E-state index is 0.126.